The molecule has 0 saturated carbocycles. The van der Waals surface area contributed by atoms with E-state index in [2.05, 4.69) is 0 Å². The first-order chi connectivity index (χ1) is 9.10. The molecule has 0 saturated heterocycles. The van der Waals surface area contributed by atoms with E-state index >= 15 is 0 Å². The van der Waals surface area contributed by atoms with E-state index in [1.54, 1.807) is 12.1 Å². The average molecular weight is 296 g/mol. The Balaban J connectivity index is 3.02. The van der Waals surface area contributed by atoms with Crippen molar-refractivity contribution in [2.24, 2.45) is 0 Å². The SMILES string of the molecule is CCC(C)c1ccccc1C(O)CC(F)(F)C(F)(F)F. The Morgan fingerprint density at radius 2 is 1.55 bits per heavy atom. The molecule has 0 fully saturated rings. The smallest absolute Gasteiger partial charge is 0.388 e. The Hall–Kier alpha value is -1.17. The number of hydrogen-bond acceptors (Lipinski definition) is 1. The molecule has 0 amide bonds. The van der Waals surface area contributed by atoms with Crippen LogP contribution in [0.15, 0.2) is 24.3 Å². The summed E-state index contributed by atoms with van der Waals surface area (Å²) in [6.45, 7) is 3.70. The molecular formula is C14H17F5O. The number of hydrogen-bond donors (Lipinski definition) is 1. The monoisotopic (exact) mass is 296 g/mol. The minimum atomic E-state index is -5.65. The Labute approximate surface area is 114 Å². The average Bonchev–Trinajstić information content (AvgIpc) is 2.36. The molecule has 20 heavy (non-hydrogen) atoms. The standard InChI is InChI=1S/C14H17F5O/c1-3-9(2)10-6-4-5-7-11(10)12(20)8-13(15,16)14(17,18)19/h4-7,9,12,20H,3,8H2,1-2H3. The van der Waals surface area contributed by atoms with Crippen LogP contribution in [0, 0.1) is 0 Å². The van der Waals surface area contributed by atoms with Crippen LogP contribution in [0.25, 0.3) is 0 Å². The molecule has 0 aliphatic rings. The minimum absolute atomic E-state index is 0.0274. The maximum absolute atomic E-state index is 13.0. The molecule has 0 aliphatic heterocycles. The zero-order chi connectivity index (χ0) is 15.6. The first-order valence-corrected chi connectivity index (χ1v) is 6.31. The fourth-order valence-corrected chi connectivity index (χ4v) is 1.95. The van der Waals surface area contributed by atoms with Crippen LogP contribution < -0.4 is 0 Å². The van der Waals surface area contributed by atoms with Gasteiger partial charge in [-0.1, -0.05) is 38.1 Å². The summed E-state index contributed by atoms with van der Waals surface area (Å²) in [6.07, 6.45) is -8.47. The Morgan fingerprint density at radius 3 is 2.00 bits per heavy atom. The van der Waals surface area contributed by atoms with Crippen LogP contribution in [-0.4, -0.2) is 17.2 Å². The van der Waals surface area contributed by atoms with Gasteiger partial charge in [0, 0.05) is 0 Å². The van der Waals surface area contributed by atoms with Crippen molar-refractivity contribution in [2.75, 3.05) is 0 Å². The molecule has 0 radical (unpaired) electrons. The number of halogens is 5. The molecule has 2 atom stereocenters. The van der Waals surface area contributed by atoms with E-state index < -0.39 is 24.6 Å². The molecule has 1 N–H and O–H groups in total. The van der Waals surface area contributed by atoms with Gasteiger partial charge >= 0.3 is 12.1 Å². The van der Waals surface area contributed by atoms with Gasteiger partial charge in [0.05, 0.1) is 12.5 Å². The predicted octanol–water partition coefficient (Wildman–Crippen LogP) is 4.82. The third kappa shape index (κ3) is 3.69. The molecule has 114 valence electrons. The van der Waals surface area contributed by atoms with Gasteiger partial charge < -0.3 is 5.11 Å². The maximum Gasteiger partial charge on any atom is 0.453 e. The summed E-state index contributed by atoms with van der Waals surface area (Å²) in [5.74, 6) is -4.94. The maximum atomic E-state index is 13.0. The topological polar surface area (TPSA) is 20.2 Å². The molecule has 6 heteroatoms. The van der Waals surface area contributed by atoms with Gasteiger partial charge in [-0.2, -0.15) is 22.0 Å². The summed E-state index contributed by atoms with van der Waals surface area (Å²) < 4.78 is 62.5. The van der Waals surface area contributed by atoms with Crippen molar-refractivity contribution in [3.05, 3.63) is 35.4 Å². The highest BCUT2D eigenvalue weighted by molar-refractivity contribution is 5.32. The molecule has 0 aromatic heterocycles. The van der Waals surface area contributed by atoms with E-state index in [1.807, 2.05) is 13.8 Å². The second kappa shape index (κ2) is 6.08. The molecule has 0 bridgehead atoms. The van der Waals surface area contributed by atoms with E-state index in [4.69, 9.17) is 0 Å². The predicted molar refractivity (Wildman–Crippen MR) is 65.7 cm³/mol. The lowest BCUT2D eigenvalue weighted by Gasteiger charge is -2.24. The summed E-state index contributed by atoms with van der Waals surface area (Å²) >= 11 is 0. The van der Waals surface area contributed by atoms with Gasteiger partial charge in [-0.3, -0.25) is 0 Å². The van der Waals surface area contributed by atoms with Crippen LogP contribution >= 0.6 is 0 Å². The van der Waals surface area contributed by atoms with Crippen LogP contribution in [0.2, 0.25) is 0 Å². The van der Waals surface area contributed by atoms with Gasteiger partial charge in [0.2, 0.25) is 0 Å². The molecule has 0 heterocycles. The summed E-state index contributed by atoms with van der Waals surface area (Å²) in [4.78, 5) is 0. The minimum Gasteiger partial charge on any atom is -0.388 e. The lowest BCUT2D eigenvalue weighted by atomic mass is 9.89. The highest BCUT2D eigenvalue weighted by Crippen LogP contribution is 2.42. The van der Waals surface area contributed by atoms with E-state index in [9.17, 15) is 27.1 Å². The van der Waals surface area contributed by atoms with E-state index in [0.717, 1.165) is 0 Å². The van der Waals surface area contributed by atoms with Crippen LogP contribution in [0.5, 0.6) is 0 Å². The first-order valence-electron chi connectivity index (χ1n) is 6.31. The quantitative estimate of drug-likeness (QED) is 0.772. The van der Waals surface area contributed by atoms with E-state index in [0.29, 0.717) is 12.0 Å². The zero-order valence-corrected chi connectivity index (χ0v) is 11.2. The molecule has 1 rings (SSSR count). The van der Waals surface area contributed by atoms with Gasteiger partial charge in [-0.25, -0.2) is 0 Å². The summed E-state index contributed by atoms with van der Waals surface area (Å²) in [5, 5.41) is 9.76. The van der Waals surface area contributed by atoms with Gasteiger partial charge in [-0.15, -0.1) is 0 Å². The van der Waals surface area contributed by atoms with Gasteiger partial charge in [0.25, 0.3) is 0 Å². The molecule has 1 nitrogen and oxygen atoms in total. The molecule has 1 aromatic carbocycles. The van der Waals surface area contributed by atoms with Crippen molar-refractivity contribution in [3.63, 3.8) is 0 Å². The third-order valence-corrected chi connectivity index (χ3v) is 3.36. The first kappa shape index (κ1) is 16.9. The normalized spacial score (nSPS) is 16.0. The molecule has 0 spiro atoms. The van der Waals surface area contributed by atoms with Crippen molar-refractivity contribution in [3.8, 4) is 0 Å². The largest absolute Gasteiger partial charge is 0.453 e. The van der Waals surface area contributed by atoms with Crippen LogP contribution in [0.3, 0.4) is 0 Å². The molecule has 2 unspecified atom stereocenters. The highest BCUT2D eigenvalue weighted by Gasteiger charge is 2.58. The van der Waals surface area contributed by atoms with E-state index in [1.165, 1.54) is 12.1 Å². The van der Waals surface area contributed by atoms with Crippen molar-refractivity contribution in [1.82, 2.24) is 0 Å². The van der Waals surface area contributed by atoms with Crippen molar-refractivity contribution in [1.29, 1.82) is 0 Å². The Bertz CT molecular complexity index is 441. The summed E-state index contributed by atoms with van der Waals surface area (Å²) in [7, 11) is 0. The number of aliphatic hydroxyl groups is 1. The fraction of sp³-hybridized carbons (Fsp3) is 0.571. The van der Waals surface area contributed by atoms with Gasteiger partial charge in [0.15, 0.2) is 0 Å². The highest BCUT2D eigenvalue weighted by atomic mass is 19.4. The number of alkyl halides is 5. The Morgan fingerprint density at radius 1 is 1.05 bits per heavy atom. The van der Waals surface area contributed by atoms with Crippen molar-refractivity contribution >= 4 is 0 Å². The molecule has 0 aliphatic carbocycles. The summed E-state index contributed by atoms with van der Waals surface area (Å²) in [6, 6.07) is 6.20. The van der Waals surface area contributed by atoms with Gasteiger partial charge in [-0.05, 0) is 23.5 Å². The van der Waals surface area contributed by atoms with Crippen LogP contribution in [-0.2, 0) is 0 Å². The fourth-order valence-electron chi connectivity index (χ4n) is 1.95. The number of rotatable bonds is 5. The summed E-state index contributed by atoms with van der Waals surface area (Å²) in [5.41, 5.74) is 0.728. The molecule has 1 aromatic rings. The van der Waals surface area contributed by atoms with Crippen molar-refractivity contribution < 1.29 is 27.1 Å². The number of benzene rings is 1. The lowest BCUT2D eigenvalue weighted by molar-refractivity contribution is -0.290. The Kier molecular flexibility index (Phi) is 5.13. The van der Waals surface area contributed by atoms with Crippen LogP contribution in [0.1, 0.15) is 49.8 Å². The van der Waals surface area contributed by atoms with Gasteiger partial charge in [0.1, 0.15) is 0 Å². The van der Waals surface area contributed by atoms with E-state index in [-0.39, 0.29) is 11.5 Å². The second-order valence-electron chi connectivity index (χ2n) is 4.86. The molecular weight excluding hydrogens is 279 g/mol. The van der Waals surface area contributed by atoms with Crippen molar-refractivity contribution in [2.45, 2.75) is 50.8 Å². The third-order valence-electron chi connectivity index (χ3n) is 3.36. The lowest BCUT2D eigenvalue weighted by Crippen LogP contribution is -2.37. The van der Waals surface area contributed by atoms with Crippen LogP contribution in [0.4, 0.5) is 22.0 Å². The number of aliphatic hydroxyl groups excluding tert-OH is 1. The zero-order valence-electron chi connectivity index (χ0n) is 11.2. The second-order valence-corrected chi connectivity index (χ2v) is 4.86.